The van der Waals surface area contributed by atoms with Crippen molar-refractivity contribution in [3.63, 3.8) is 0 Å². The van der Waals surface area contributed by atoms with Gasteiger partial charge < -0.3 is 23.9 Å². The number of fused-ring (bicyclic) bond motifs is 1. The number of nitrogens with one attached hydrogen (secondary N) is 1. The lowest BCUT2D eigenvalue weighted by Crippen LogP contribution is -2.16. The second-order valence-corrected chi connectivity index (χ2v) is 6.93. The zero-order chi connectivity index (χ0) is 18.8. The van der Waals surface area contributed by atoms with Gasteiger partial charge in [-0.25, -0.2) is 4.98 Å². The van der Waals surface area contributed by atoms with Crippen molar-refractivity contribution in [2.45, 2.75) is 45.1 Å². The van der Waals surface area contributed by atoms with Crippen LogP contribution in [0.15, 0.2) is 22.8 Å². The zero-order valence-electron chi connectivity index (χ0n) is 15.6. The van der Waals surface area contributed by atoms with Gasteiger partial charge in [-0.15, -0.1) is 0 Å². The number of benzene rings is 1. The second kappa shape index (κ2) is 7.60. The first-order valence-electron chi connectivity index (χ1n) is 9.45. The molecule has 2 aliphatic rings. The lowest BCUT2D eigenvalue weighted by atomic mass is 10.0. The Labute approximate surface area is 158 Å². The first-order valence-corrected chi connectivity index (χ1v) is 9.45. The van der Waals surface area contributed by atoms with Crippen molar-refractivity contribution in [2.75, 3.05) is 25.1 Å². The molecule has 0 bridgehead atoms. The summed E-state index contributed by atoms with van der Waals surface area (Å²) in [5.74, 6) is 1.89. The first-order chi connectivity index (χ1) is 13.1. The Kier molecular flexibility index (Phi) is 5.03. The molecule has 1 amide bonds. The molecule has 2 aromatic rings. The summed E-state index contributed by atoms with van der Waals surface area (Å²) < 4.78 is 22.4. The maximum atomic E-state index is 12.7. The van der Waals surface area contributed by atoms with E-state index in [1.54, 1.807) is 0 Å². The van der Waals surface area contributed by atoms with E-state index in [9.17, 15) is 4.79 Å². The minimum Gasteiger partial charge on any atom is -0.492 e. The summed E-state index contributed by atoms with van der Waals surface area (Å²) >= 11 is 0. The maximum Gasteiger partial charge on any atom is 0.277 e. The Morgan fingerprint density at radius 3 is 2.93 bits per heavy atom. The van der Waals surface area contributed by atoms with Gasteiger partial charge in [0.25, 0.3) is 5.91 Å². The van der Waals surface area contributed by atoms with E-state index < -0.39 is 0 Å². The topological polar surface area (TPSA) is 82.8 Å². The number of carbonyl (C=O) groups excluding carboxylic acids is 1. The molecular formula is C20H24N2O5. The number of oxazole rings is 1. The van der Waals surface area contributed by atoms with Crippen LogP contribution in [0, 0.1) is 0 Å². The third-order valence-electron chi connectivity index (χ3n) is 4.87. The number of ether oxygens (including phenoxy) is 3. The van der Waals surface area contributed by atoms with Gasteiger partial charge in [0, 0.05) is 37.2 Å². The van der Waals surface area contributed by atoms with E-state index in [-0.39, 0.29) is 23.6 Å². The summed E-state index contributed by atoms with van der Waals surface area (Å²) in [7, 11) is 0. The number of hydrogen-bond acceptors (Lipinski definition) is 6. The van der Waals surface area contributed by atoms with E-state index in [1.165, 1.54) is 6.26 Å². The molecule has 7 nitrogen and oxygen atoms in total. The fraction of sp³-hybridized carbons (Fsp3) is 0.500. The Balaban J connectivity index is 1.52. The van der Waals surface area contributed by atoms with Crippen LogP contribution in [0.5, 0.6) is 11.5 Å². The third-order valence-corrected chi connectivity index (χ3v) is 4.87. The molecule has 4 rings (SSSR count). The molecule has 0 saturated carbocycles. The van der Waals surface area contributed by atoms with Crippen LogP contribution in [0.1, 0.15) is 54.5 Å². The fourth-order valence-corrected chi connectivity index (χ4v) is 3.52. The summed E-state index contributed by atoms with van der Waals surface area (Å²) in [6.45, 7) is 5.83. The maximum absolute atomic E-state index is 12.7. The number of carbonyl (C=O) groups is 1. The van der Waals surface area contributed by atoms with Crippen LogP contribution in [-0.4, -0.2) is 36.8 Å². The quantitative estimate of drug-likeness (QED) is 0.864. The molecule has 27 heavy (non-hydrogen) atoms. The van der Waals surface area contributed by atoms with E-state index in [4.69, 9.17) is 18.6 Å². The van der Waals surface area contributed by atoms with Crippen molar-refractivity contribution in [2.24, 2.45) is 0 Å². The zero-order valence-corrected chi connectivity index (χ0v) is 15.6. The highest BCUT2D eigenvalue weighted by molar-refractivity contribution is 6.03. The SMILES string of the molecule is CCOc1cc2c(cc1NC(=O)c1coc(C3CCOCC3)n1)OC(C)C2. The number of nitrogens with zero attached hydrogens (tertiary/aromatic N) is 1. The molecule has 3 heterocycles. The summed E-state index contributed by atoms with van der Waals surface area (Å²) in [4.78, 5) is 17.1. The van der Waals surface area contributed by atoms with Gasteiger partial charge in [0.05, 0.1) is 12.3 Å². The van der Waals surface area contributed by atoms with Crippen LogP contribution in [0.3, 0.4) is 0 Å². The molecule has 1 saturated heterocycles. The molecule has 1 aromatic carbocycles. The molecule has 144 valence electrons. The van der Waals surface area contributed by atoms with Crippen LogP contribution in [0.2, 0.25) is 0 Å². The van der Waals surface area contributed by atoms with Crippen LogP contribution in [0.25, 0.3) is 0 Å². The standard InChI is InChI=1S/C20H24N2O5/c1-3-25-18-9-14-8-12(2)27-17(14)10-15(18)21-19(23)16-11-26-20(22-16)13-4-6-24-7-5-13/h9-13H,3-8H2,1-2H3,(H,21,23). The molecule has 0 aliphatic carbocycles. The monoisotopic (exact) mass is 372 g/mol. The lowest BCUT2D eigenvalue weighted by Gasteiger charge is -2.18. The Hall–Kier alpha value is -2.54. The molecule has 0 spiro atoms. The molecule has 2 aliphatic heterocycles. The minimum absolute atomic E-state index is 0.123. The average molecular weight is 372 g/mol. The van der Waals surface area contributed by atoms with Crippen molar-refractivity contribution in [3.05, 3.63) is 35.5 Å². The molecule has 0 radical (unpaired) electrons. The summed E-state index contributed by atoms with van der Waals surface area (Å²) in [6.07, 6.45) is 4.08. The largest absolute Gasteiger partial charge is 0.492 e. The molecular weight excluding hydrogens is 348 g/mol. The van der Waals surface area contributed by atoms with Crippen molar-refractivity contribution >= 4 is 11.6 Å². The Bertz CT molecular complexity index is 826. The fourth-order valence-electron chi connectivity index (χ4n) is 3.52. The highest BCUT2D eigenvalue weighted by atomic mass is 16.5. The normalized spacial score (nSPS) is 19.4. The van der Waals surface area contributed by atoms with Gasteiger partial charge in [-0.3, -0.25) is 4.79 Å². The van der Waals surface area contributed by atoms with Gasteiger partial charge in [-0.05, 0) is 32.8 Å². The number of hydrogen-bond donors (Lipinski definition) is 1. The van der Waals surface area contributed by atoms with Crippen LogP contribution < -0.4 is 14.8 Å². The lowest BCUT2D eigenvalue weighted by molar-refractivity contribution is 0.0794. The summed E-state index contributed by atoms with van der Waals surface area (Å²) in [6, 6.07) is 3.76. The Morgan fingerprint density at radius 1 is 1.33 bits per heavy atom. The molecule has 7 heteroatoms. The molecule has 1 aromatic heterocycles. The van der Waals surface area contributed by atoms with Gasteiger partial charge >= 0.3 is 0 Å². The minimum atomic E-state index is -0.330. The van der Waals surface area contributed by atoms with Crippen molar-refractivity contribution in [1.82, 2.24) is 4.98 Å². The van der Waals surface area contributed by atoms with Gasteiger partial charge in [-0.1, -0.05) is 0 Å². The van der Waals surface area contributed by atoms with Crippen molar-refractivity contribution in [1.29, 1.82) is 0 Å². The smallest absolute Gasteiger partial charge is 0.277 e. The van der Waals surface area contributed by atoms with Crippen LogP contribution >= 0.6 is 0 Å². The van der Waals surface area contributed by atoms with Gasteiger partial charge in [0.2, 0.25) is 0 Å². The molecule has 1 unspecified atom stereocenters. The highest BCUT2D eigenvalue weighted by Crippen LogP contribution is 2.38. The average Bonchev–Trinajstić information content (AvgIpc) is 3.29. The predicted molar refractivity (Wildman–Crippen MR) is 98.7 cm³/mol. The molecule has 1 fully saturated rings. The predicted octanol–water partition coefficient (Wildman–Crippen LogP) is 3.54. The molecule has 1 atom stereocenters. The van der Waals surface area contributed by atoms with E-state index in [2.05, 4.69) is 10.3 Å². The molecule has 1 N–H and O–H groups in total. The van der Waals surface area contributed by atoms with Crippen LogP contribution in [-0.2, 0) is 11.2 Å². The van der Waals surface area contributed by atoms with E-state index >= 15 is 0 Å². The van der Waals surface area contributed by atoms with Gasteiger partial charge in [-0.2, -0.15) is 0 Å². The van der Waals surface area contributed by atoms with Crippen molar-refractivity contribution < 1.29 is 23.4 Å². The number of aromatic nitrogens is 1. The Morgan fingerprint density at radius 2 is 2.15 bits per heavy atom. The van der Waals surface area contributed by atoms with Gasteiger partial charge in [0.15, 0.2) is 11.6 Å². The second-order valence-electron chi connectivity index (χ2n) is 6.93. The summed E-state index contributed by atoms with van der Waals surface area (Å²) in [5, 5.41) is 2.88. The first kappa shape index (κ1) is 17.9. The van der Waals surface area contributed by atoms with E-state index in [1.807, 2.05) is 26.0 Å². The van der Waals surface area contributed by atoms with Gasteiger partial charge in [0.1, 0.15) is 23.9 Å². The third kappa shape index (κ3) is 3.78. The summed E-state index contributed by atoms with van der Waals surface area (Å²) in [5.41, 5.74) is 1.92. The number of anilines is 1. The van der Waals surface area contributed by atoms with E-state index in [0.29, 0.717) is 37.1 Å². The number of rotatable bonds is 5. The van der Waals surface area contributed by atoms with E-state index in [0.717, 1.165) is 30.6 Å². The van der Waals surface area contributed by atoms with Crippen LogP contribution in [0.4, 0.5) is 5.69 Å². The number of amides is 1. The van der Waals surface area contributed by atoms with Crippen molar-refractivity contribution in [3.8, 4) is 11.5 Å². The highest BCUT2D eigenvalue weighted by Gasteiger charge is 2.25.